The first kappa shape index (κ1) is 13.8. The molecular formula is C11H22ClNO. The van der Waals surface area contributed by atoms with Crippen molar-refractivity contribution in [2.75, 3.05) is 5.88 Å². The van der Waals surface area contributed by atoms with Gasteiger partial charge in [-0.05, 0) is 19.8 Å². The molecule has 0 radical (unpaired) electrons. The first-order chi connectivity index (χ1) is 6.58. The van der Waals surface area contributed by atoms with Crippen molar-refractivity contribution < 1.29 is 4.79 Å². The molecule has 0 heterocycles. The number of hydrogen-bond acceptors (Lipinski definition) is 1. The molecule has 0 fully saturated rings. The van der Waals surface area contributed by atoms with Crippen molar-refractivity contribution >= 4 is 17.5 Å². The predicted octanol–water partition coefficient (Wildman–Crippen LogP) is 3.09. The molecular weight excluding hydrogens is 198 g/mol. The topological polar surface area (TPSA) is 29.1 Å². The maximum Gasteiger partial charge on any atom is 0.220 e. The van der Waals surface area contributed by atoms with E-state index in [2.05, 4.69) is 12.2 Å². The van der Waals surface area contributed by atoms with Gasteiger partial charge in [-0.2, -0.15) is 0 Å². The van der Waals surface area contributed by atoms with Gasteiger partial charge in [0.1, 0.15) is 0 Å². The van der Waals surface area contributed by atoms with E-state index in [1.807, 2.05) is 13.8 Å². The molecule has 0 rings (SSSR count). The molecule has 0 spiro atoms. The van der Waals surface area contributed by atoms with Crippen LogP contribution in [0.15, 0.2) is 0 Å². The van der Waals surface area contributed by atoms with Gasteiger partial charge in [-0.25, -0.2) is 0 Å². The fourth-order valence-corrected chi connectivity index (χ4v) is 1.41. The molecule has 84 valence electrons. The maximum absolute atomic E-state index is 11.5. The minimum atomic E-state index is -0.231. The summed E-state index contributed by atoms with van der Waals surface area (Å²) < 4.78 is 0. The lowest BCUT2D eigenvalue weighted by Gasteiger charge is -2.27. The lowest BCUT2D eigenvalue weighted by Crippen LogP contribution is -2.46. The highest BCUT2D eigenvalue weighted by Crippen LogP contribution is 2.11. The van der Waals surface area contributed by atoms with Crippen molar-refractivity contribution in [3.8, 4) is 0 Å². The van der Waals surface area contributed by atoms with Gasteiger partial charge >= 0.3 is 0 Å². The fraction of sp³-hybridized carbons (Fsp3) is 0.909. The van der Waals surface area contributed by atoms with E-state index in [4.69, 9.17) is 11.6 Å². The fourth-order valence-electron chi connectivity index (χ4n) is 1.15. The largest absolute Gasteiger partial charge is 0.350 e. The van der Waals surface area contributed by atoms with Crippen LogP contribution in [-0.4, -0.2) is 17.3 Å². The lowest BCUT2D eigenvalue weighted by atomic mass is 10.0. The molecule has 0 bridgehead atoms. The minimum Gasteiger partial charge on any atom is -0.350 e. The number of nitrogens with one attached hydrogen (secondary N) is 1. The van der Waals surface area contributed by atoms with Crippen LogP contribution in [0.2, 0.25) is 0 Å². The van der Waals surface area contributed by atoms with Crippen molar-refractivity contribution in [2.24, 2.45) is 0 Å². The molecule has 1 amide bonds. The summed E-state index contributed by atoms with van der Waals surface area (Å²) in [6.45, 7) is 6.15. The number of alkyl halides is 1. The van der Waals surface area contributed by atoms with Crippen LogP contribution in [0.3, 0.4) is 0 Å². The average molecular weight is 220 g/mol. The van der Waals surface area contributed by atoms with Crippen LogP contribution < -0.4 is 5.32 Å². The molecule has 14 heavy (non-hydrogen) atoms. The molecule has 1 atom stereocenters. The highest BCUT2D eigenvalue weighted by Gasteiger charge is 2.22. The summed E-state index contributed by atoms with van der Waals surface area (Å²) in [5.41, 5.74) is -0.231. The van der Waals surface area contributed by atoms with Crippen LogP contribution in [0.1, 0.15) is 52.9 Å². The lowest BCUT2D eigenvalue weighted by molar-refractivity contribution is -0.122. The molecule has 0 aliphatic rings. The summed E-state index contributed by atoms with van der Waals surface area (Å²) in [7, 11) is 0. The monoisotopic (exact) mass is 219 g/mol. The number of rotatable bonds is 7. The Morgan fingerprint density at radius 3 is 2.43 bits per heavy atom. The molecule has 0 aromatic carbocycles. The van der Waals surface area contributed by atoms with E-state index in [0.717, 1.165) is 25.7 Å². The molecule has 0 saturated heterocycles. The van der Waals surface area contributed by atoms with Gasteiger partial charge in [0.15, 0.2) is 0 Å². The summed E-state index contributed by atoms with van der Waals surface area (Å²) in [6.07, 6.45) is 4.74. The molecule has 1 unspecified atom stereocenters. The second-order valence-electron chi connectivity index (χ2n) is 4.05. The zero-order chi connectivity index (χ0) is 11.0. The highest BCUT2D eigenvalue weighted by molar-refractivity contribution is 6.18. The van der Waals surface area contributed by atoms with E-state index >= 15 is 0 Å². The van der Waals surface area contributed by atoms with E-state index in [-0.39, 0.29) is 11.4 Å². The van der Waals surface area contributed by atoms with Crippen molar-refractivity contribution in [2.45, 2.75) is 58.4 Å². The third-order valence-corrected chi connectivity index (χ3v) is 3.11. The quantitative estimate of drug-likeness (QED) is 0.518. The first-order valence-electron chi connectivity index (χ1n) is 5.45. The molecule has 1 N–H and O–H groups in total. The van der Waals surface area contributed by atoms with Crippen LogP contribution in [0.25, 0.3) is 0 Å². The Hall–Kier alpha value is -0.240. The Morgan fingerprint density at radius 1 is 1.36 bits per heavy atom. The van der Waals surface area contributed by atoms with Crippen LogP contribution >= 0.6 is 11.6 Å². The van der Waals surface area contributed by atoms with Gasteiger partial charge in [-0.1, -0.05) is 26.7 Å². The van der Waals surface area contributed by atoms with Gasteiger partial charge in [0.2, 0.25) is 5.91 Å². The highest BCUT2D eigenvalue weighted by atomic mass is 35.5. The second kappa shape index (κ2) is 7.10. The molecule has 0 aliphatic heterocycles. The first-order valence-corrected chi connectivity index (χ1v) is 5.98. The van der Waals surface area contributed by atoms with Crippen LogP contribution in [0, 0.1) is 0 Å². The van der Waals surface area contributed by atoms with E-state index in [9.17, 15) is 4.79 Å². The number of halogens is 1. The third-order valence-electron chi connectivity index (χ3n) is 2.52. The standard InChI is InChI=1S/C11H22ClNO/c1-4-6-7-8-10(14)13-11(3,5-2)9-12/h4-9H2,1-3H3,(H,13,14). The summed E-state index contributed by atoms with van der Waals surface area (Å²) in [6, 6.07) is 0. The van der Waals surface area contributed by atoms with Crippen LogP contribution in [0.5, 0.6) is 0 Å². The summed E-state index contributed by atoms with van der Waals surface area (Å²) in [5.74, 6) is 0.603. The van der Waals surface area contributed by atoms with E-state index in [0.29, 0.717) is 12.3 Å². The van der Waals surface area contributed by atoms with Crippen molar-refractivity contribution in [1.82, 2.24) is 5.32 Å². The normalized spacial score (nSPS) is 14.9. The molecule has 2 nitrogen and oxygen atoms in total. The van der Waals surface area contributed by atoms with Crippen LogP contribution in [-0.2, 0) is 4.79 Å². The molecule has 0 saturated carbocycles. The Balaban J connectivity index is 3.80. The summed E-state index contributed by atoms with van der Waals surface area (Å²) in [5, 5.41) is 2.98. The predicted molar refractivity (Wildman–Crippen MR) is 61.7 cm³/mol. The molecule has 3 heteroatoms. The maximum atomic E-state index is 11.5. The van der Waals surface area contributed by atoms with Crippen molar-refractivity contribution in [3.05, 3.63) is 0 Å². The number of unbranched alkanes of at least 4 members (excludes halogenated alkanes) is 2. The van der Waals surface area contributed by atoms with Crippen molar-refractivity contribution in [3.63, 3.8) is 0 Å². The number of carbonyl (C=O) groups excluding carboxylic acids is 1. The van der Waals surface area contributed by atoms with Crippen LogP contribution in [0.4, 0.5) is 0 Å². The number of hydrogen-bond donors (Lipinski definition) is 1. The molecule has 0 aromatic heterocycles. The SMILES string of the molecule is CCCCCC(=O)NC(C)(CC)CCl. The zero-order valence-corrected chi connectivity index (χ0v) is 10.3. The van der Waals surface area contributed by atoms with E-state index in [1.165, 1.54) is 0 Å². The van der Waals surface area contributed by atoms with Gasteiger partial charge in [0.05, 0.1) is 5.54 Å². The summed E-state index contributed by atoms with van der Waals surface area (Å²) >= 11 is 5.80. The Labute approximate surface area is 92.4 Å². The Morgan fingerprint density at radius 2 is 2.00 bits per heavy atom. The molecule has 0 aliphatic carbocycles. The zero-order valence-electron chi connectivity index (χ0n) is 9.53. The smallest absolute Gasteiger partial charge is 0.220 e. The van der Waals surface area contributed by atoms with Gasteiger partial charge in [-0.15, -0.1) is 11.6 Å². The van der Waals surface area contributed by atoms with Gasteiger partial charge in [0, 0.05) is 12.3 Å². The van der Waals surface area contributed by atoms with E-state index < -0.39 is 0 Å². The summed E-state index contributed by atoms with van der Waals surface area (Å²) in [4.78, 5) is 11.5. The minimum absolute atomic E-state index is 0.128. The number of amides is 1. The van der Waals surface area contributed by atoms with Gasteiger partial charge in [0.25, 0.3) is 0 Å². The third kappa shape index (κ3) is 5.48. The van der Waals surface area contributed by atoms with Gasteiger partial charge in [-0.3, -0.25) is 4.79 Å². The average Bonchev–Trinajstić information content (AvgIpc) is 2.18. The number of carbonyl (C=O) groups is 1. The Kier molecular flexibility index (Phi) is 6.98. The Bertz CT molecular complexity index is 167. The van der Waals surface area contributed by atoms with E-state index in [1.54, 1.807) is 0 Å². The molecule has 0 aromatic rings. The second-order valence-corrected chi connectivity index (χ2v) is 4.32. The van der Waals surface area contributed by atoms with Gasteiger partial charge < -0.3 is 5.32 Å². The van der Waals surface area contributed by atoms with Crippen molar-refractivity contribution in [1.29, 1.82) is 0 Å².